The summed E-state index contributed by atoms with van der Waals surface area (Å²) in [7, 11) is 3.41. The molecule has 0 aliphatic heterocycles. The number of nitrogens with two attached hydrogens (primary N) is 2. The second kappa shape index (κ2) is 10.1. The van der Waals surface area contributed by atoms with E-state index in [1.807, 2.05) is 13.2 Å². The van der Waals surface area contributed by atoms with Gasteiger partial charge in [-0.05, 0) is 25.7 Å². The average molecular weight is 402 g/mol. The zero-order valence-corrected chi connectivity index (χ0v) is 16.7. The Hall–Kier alpha value is -3.63. The number of amides is 1. The van der Waals surface area contributed by atoms with Crippen molar-refractivity contribution in [2.45, 2.75) is 25.7 Å². The molecule has 0 saturated heterocycles. The van der Waals surface area contributed by atoms with Crippen molar-refractivity contribution in [3.05, 3.63) is 29.2 Å². The second-order valence-electron chi connectivity index (χ2n) is 6.08. The average Bonchev–Trinajstić information content (AvgIpc) is 3.46. The summed E-state index contributed by atoms with van der Waals surface area (Å²) in [6, 6.07) is 1.79. The summed E-state index contributed by atoms with van der Waals surface area (Å²) in [6.45, 7) is 1.96. The van der Waals surface area contributed by atoms with E-state index in [2.05, 4.69) is 31.4 Å². The zero-order chi connectivity index (χ0) is 21.4. The maximum atomic E-state index is 11.9. The molecule has 0 aromatic carbocycles. The van der Waals surface area contributed by atoms with Gasteiger partial charge in [-0.2, -0.15) is 9.61 Å². The summed E-state index contributed by atoms with van der Waals surface area (Å²) in [5.74, 6) is 1.21. The monoisotopic (exact) mass is 402 g/mol. The van der Waals surface area contributed by atoms with Crippen molar-refractivity contribution in [3.8, 4) is 0 Å². The molecule has 1 saturated carbocycles. The van der Waals surface area contributed by atoms with E-state index < -0.39 is 5.97 Å². The predicted octanol–water partition coefficient (Wildman–Crippen LogP) is 0.596. The fourth-order valence-corrected chi connectivity index (χ4v) is 2.66. The number of nitrogens with zero attached hydrogens (tertiary/aromatic N) is 4. The van der Waals surface area contributed by atoms with E-state index in [4.69, 9.17) is 15.3 Å². The van der Waals surface area contributed by atoms with Crippen molar-refractivity contribution in [3.63, 3.8) is 0 Å². The first kappa shape index (κ1) is 21.7. The third kappa shape index (κ3) is 5.21. The summed E-state index contributed by atoms with van der Waals surface area (Å²) >= 11 is 0. The lowest BCUT2D eigenvalue weighted by atomic mass is 10.2. The SMILES string of the molecule is CCOC(=O)/C(N)=C(/C=NC)Nc1cc(NC)n2ncc(C3CC3)c2n1.NC=O. The fraction of sp³-hybridized carbons (Fsp3) is 0.389. The van der Waals surface area contributed by atoms with Gasteiger partial charge in [-0.25, -0.2) is 9.78 Å². The number of anilines is 2. The second-order valence-corrected chi connectivity index (χ2v) is 6.08. The first-order valence-corrected chi connectivity index (χ1v) is 9.08. The molecule has 0 bridgehead atoms. The number of hydrogen-bond acceptors (Lipinski definition) is 9. The van der Waals surface area contributed by atoms with Crippen molar-refractivity contribution in [1.29, 1.82) is 0 Å². The topological polar surface area (TPSA) is 162 Å². The minimum Gasteiger partial charge on any atom is -0.461 e. The molecule has 1 fully saturated rings. The highest BCUT2D eigenvalue weighted by Crippen LogP contribution is 2.42. The molecule has 1 aliphatic rings. The predicted molar refractivity (Wildman–Crippen MR) is 111 cm³/mol. The molecule has 11 nitrogen and oxygen atoms in total. The highest BCUT2D eigenvalue weighted by molar-refractivity contribution is 5.97. The number of aliphatic imine (C=N–C) groups is 1. The number of rotatable bonds is 7. The number of esters is 1. The van der Waals surface area contributed by atoms with Crippen molar-refractivity contribution in [2.75, 3.05) is 31.3 Å². The molecular formula is C18H26N8O3. The van der Waals surface area contributed by atoms with Crippen LogP contribution >= 0.6 is 0 Å². The minimum atomic E-state index is -0.604. The van der Waals surface area contributed by atoms with Crippen LogP contribution in [0.2, 0.25) is 0 Å². The van der Waals surface area contributed by atoms with Crippen molar-refractivity contribution < 1.29 is 14.3 Å². The molecule has 1 aliphatic carbocycles. The number of carbonyl (C=O) groups is 2. The van der Waals surface area contributed by atoms with Crippen LogP contribution in [0.3, 0.4) is 0 Å². The Morgan fingerprint density at radius 2 is 2.17 bits per heavy atom. The highest BCUT2D eigenvalue weighted by atomic mass is 16.5. The summed E-state index contributed by atoms with van der Waals surface area (Å²) in [5.41, 5.74) is 12.3. The molecule has 156 valence electrons. The number of allylic oxidation sites excluding steroid dienone is 1. The van der Waals surface area contributed by atoms with Crippen LogP contribution in [-0.4, -0.2) is 53.9 Å². The number of carbonyl (C=O) groups excluding carboxylic acids is 2. The van der Waals surface area contributed by atoms with Crippen molar-refractivity contribution in [1.82, 2.24) is 14.6 Å². The molecule has 0 atom stereocenters. The van der Waals surface area contributed by atoms with Crippen LogP contribution in [0, 0.1) is 0 Å². The van der Waals surface area contributed by atoms with Gasteiger partial charge in [0.2, 0.25) is 6.41 Å². The van der Waals surface area contributed by atoms with Crippen molar-refractivity contribution >= 4 is 35.9 Å². The Bertz CT molecular complexity index is 931. The van der Waals surface area contributed by atoms with Crippen LogP contribution in [0.5, 0.6) is 0 Å². The van der Waals surface area contributed by atoms with Gasteiger partial charge in [-0.15, -0.1) is 0 Å². The van der Waals surface area contributed by atoms with Gasteiger partial charge in [-0.3, -0.25) is 9.79 Å². The molecular weight excluding hydrogens is 376 g/mol. The van der Waals surface area contributed by atoms with Crippen LogP contribution in [0.25, 0.3) is 5.65 Å². The van der Waals surface area contributed by atoms with E-state index in [1.54, 1.807) is 24.6 Å². The van der Waals surface area contributed by atoms with Gasteiger partial charge in [-0.1, -0.05) is 0 Å². The maximum Gasteiger partial charge on any atom is 0.356 e. The standard InChI is InChI=1S/C17H23N7O2.CH3NO/c1-4-26-17(25)15(18)12(9-19-2)22-13-7-14(20-3)24-16(23-13)11(8-21-24)10-5-6-10;2-1-3/h7-10,20H,4-6,18H2,1-3H3,(H,22,23);1H,(H2,2,3)/b15-12+,19-9?;. The largest absolute Gasteiger partial charge is 0.461 e. The molecule has 3 rings (SSSR count). The lowest BCUT2D eigenvalue weighted by molar-refractivity contribution is -0.138. The maximum absolute atomic E-state index is 11.9. The highest BCUT2D eigenvalue weighted by Gasteiger charge is 2.28. The lowest BCUT2D eigenvalue weighted by Gasteiger charge is -2.12. The van der Waals surface area contributed by atoms with E-state index in [0.717, 1.165) is 29.9 Å². The quantitative estimate of drug-likeness (QED) is 0.226. The molecule has 2 aromatic rings. The van der Waals surface area contributed by atoms with Gasteiger partial charge in [0.05, 0.1) is 18.5 Å². The van der Waals surface area contributed by atoms with Gasteiger partial charge < -0.3 is 26.8 Å². The molecule has 1 amide bonds. The zero-order valence-electron chi connectivity index (χ0n) is 16.7. The summed E-state index contributed by atoms with van der Waals surface area (Å²) in [6.07, 6.45) is 5.88. The summed E-state index contributed by atoms with van der Waals surface area (Å²) < 4.78 is 6.73. The number of fused-ring (bicyclic) bond motifs is 1. The molecule has 2 heterocycles. The number of primary amides is 1. The fourth-order valence-electron chi connectivity index (χ4n) is 2.66. The van der Waals surface area contributed by atoms with Gasteiger partial charge in [0, 0.05) is 31.9 Å². The molecule has 0 spiro atoms. The summed E-state index contributed by atoms with van der Waals surface area (Å²) in [4.78, 5) is 29.1. The number of nitrogens with one attached hydrogen (secondary N) is 2. The number of hydrogen-bond donors (Lipinski definition) is 4. The van der Waals surface area contributed by atoms with E-state index in [0.29, 0.717) is 17.4 Å². The van der Waals surface area contributed by atoms with E-state index >= 15 is 0 Å². The molecule has 6 N–H and O–H groups in total. The third-order valence-electron chi connectivity index (χ3n) is 4.08. The Kier molecular flexibility index (Phi) is 7.52. The molecule has 0 radical (unpaired) electrons. The van der Waals surface area contributed by atoms with E-state index in [-0.39, 0.29) is 18.7 Å². The molecule has 11 heteroatoms. The Labute approximate surface area is 168 Å². The molecule has 29 heavy (non-hydrogen) atoms. The summed E-state index contributed by atoms with van der Waals surface area (Å²) in [5, 5.41) is 10.6. The van der Waals surface area contributed by atoms with E-state index in [9.17, 15) is 4.79 Å². The Morgan fingerprint density at radius 3 is 2.72 bits per heavy atom. The third-order valence-corrected chi connectivity index (χ3v) is 4.08. The van der Waals surface area contributed by atoms with Crippen LogP contribution in [0.15, 0.2) is 28.6 Å². The lowest BCUT2D eigenvalue weighted by Crippen LogP contribution is -2.21. The van der Waals surface area contributed by atoms with Gasteiger partial charge in [0.1, 0.15) is 17.3 Å². The van der Waals surface area contributed by atoms with Crippen LogP contribution < -0.4 is 22.1 Å². The first-order chi connectivity index (χ1) is 14.0. The van der Waals surface area contributed by atoms with Crippen LogP contribution in [0.4, 0.5) is 11.6 Å². The van der Waals surface area contributed by atoms with Crippen LogP contribution in [-0.2, 0) is 14.3 Å². The van der Waals surface area contributed by atoms with Gasteiger partial charge >= 0.3 is 5.97 Å². The Morgan fingerprint density at radius 1 is 1.48 bits per heavy atom. The number of ether oxygens (including phenoxy) is 1. The smallest absolute Gasteiger partial charge is 0.356 e. The normalized spacial score (nSPS) is 14.0. The Balaban J connectivity index is 0.000000941. The van der Waals surface area contributed by atoms with Crippen molar-refractivity contribution in [2.24, 2.45) is 16.5 Å². The van der Waals surface area contributed by atoms with Gasteiger partial charge in [0.15, 0.2) is 5.65 Å². The minimum absolute atomic E-state index is 0.0546. The van der Waals surface area contributed by atoms with E-state index in [1.165, 1.54) is 6.21 Å². The molecule has 0 unspecified atom stereocenters. The molecule has 2 aromatic heterocycles. The number of aromatic nitrogens is 3. The van der Waals surface area contributed by atoms with Crippen LogP contribution in [0.1, 0.15) is 31.2 Å². The first-order valence-electron chi connectivity index (χ1n) is 9.08. The van der Waals surface area contributed by atoms with Gasteiger partial charge in [0.25, 0.3) is 0 Å².